The third-order valence-corrected chi connectivity index (χ3v) is 4.40. The first-order chi connectivity index (χ1) is 12.0. The van der Waals surface area contributed by atoms with Crippen LogP contribution in [0, 0.1) is 6.92 Å². The van der Waals surface area contributed by atoms with E-state index in [-0.39, 0.29) is 5.91 Å². The van der Waals surface area contributed by atoms with E-state index < -0.39 is 0 Å². The molecule has 0 atom stereocenters. The molecule has 2 aromatic carbocycles. The van der Waals surface area contributed by atoms with Crippen molar-refractivity contribution in [2.45, 2.75) is 13.3 Å². The number of benzene rings is 2. The fourth-order valence-electron chi connectivity index (χ4n) is 2.25. The fourth-order valence-corrected chi connectivity index (χ4v) is 2.75. The highest BCUT2D eigenvalue weighted by Crippen LogP contribution is 2.29. The number of halogens is 2. The smallest absolute Gasteiger partial charge is 0.225 e. The van der Waals surface area contributed by atoms with Gasteiger partial charge in [0.15, 0.2) is 0 Å². The van der Waals surface area contributed by atoms with Crippen LogP contribution in [0.15, 0.2) is 42.5 Å². The average Bonchev–Trinajstić information content (AvgIpc) is 2.58. The van der Waals surface area contributed by atoms with Crippen LogP contribution in [-0.4, -0.2) is 37.6 Å². The number of carbonyl (C=O) groups excluding carboxylic acids is 1. The number of anilines is 1. The Morgan fingerprint density at radius 3 is 2.44 bits per heavy atom. The maximum absolute atomic E-state index is 12.1. The summed E-state index contributed by atoms with van der Waals surface area (Å²) in [6, 6.07) is 13.0. The van der Waals surface area contributed by atoms with E-state index in [9.17, 15) is 4.79 Å². The summed E-state index contributed by atoms with van der Waals surface area (Å²) in [4.78, 5) is 14.1. The minimum atomic E-state index is -0.123. The van der Waals surface area contributed by atoms with Crippen molar-refractivity contribution in [3.05, 3.63) is 58.1 Å². The molecule has 0 aliphatic rings. The van der Waals surface area contributed by atoms with Gasteiger partial charge in [0.25, 0.3) is 0 Å². The number of nitrogens with one attached hydrogen (secondary N) is 1. The van der Waals surface area contributed by atoms with E-state index in [0.29, 0.717) is 35.3 Å². The minimum Gasteiger partial charge on any atom is -0.492 e. The Labute approximate surface area is 158 Å². The molecule has 0 unspecified atom stereocenters. The molecule has 1 amide bonds. The first-order valence-corrected chi connectivity index (χ1v) is 8.84. The zero-order valence-corrected chi connectivity index (χ0v) is 15.9. The number of rotatable bonds is 8. The van der Waals surface area contributed by atoms with E-state index in [0.717, 1.165) is 17.9 Å². The van der Waals surface area contributed by atoms with Gasteiger partial charge in [-0.05, 0) is 37.7 Å². The molecule has 0 aliphatic heterocycles. The largest absolute Gasteiger partial charge is 0.492 e. The van der Waals surface area contributed by atoms with Crippen molar-refractivity contribution in [1.82, 2.24) is 4.90 Å². The van der Waals surface area contributed by atoms with Gasteiger partial charge >= 0.3 is 0 Å². The number of hydrogen-bond acceptors (Lipinski definition) is 3. The van der Waals surface area contributed by atoms with Crippen LogP contribution in [0.2, 0.25) is 10.0 Å². The summed E-state index contributed by atoms with van der Waals surface area (Å²) >= 11 is 12.1. The number of ether oxygens (including phenoxy) is 1. The SMILES string of the molecule is Cc1ccccc1OCCN(C)CCC(=O)Nc1c(Cl)cccc1Cl. The summed E-state index contributed by atoms with van der Waals surface area (Å²) in [5.74, 6) is 0.767. The summed E-state index contributed by atoms with van der Waals surface area (Å²) < 4.78 is 5.76. The second-order valence-corrected chi connectivity index (χ2v) is 6.63. The van der Waals surface area contributed by atoms with E-state index in [1.54, 1.807) is 18.2 Å². The topological polar surface area (TPSA) is 41.6 Å². The van der Waals surface area contributed by atoms with Gasteiger partial charge in [0, 0.05) is 19.5 Å². The molecule has 0 heterocycles. The van der Waals surface area contributed by atoms with Crippen molar-refractivity contribution >= 4 is 34.8 Å². The third-order valence-electron chi connectivity index (χ3n) is 3.77. The molecule has 4 nitrogen and oxygen atoms in total. The molecular formula is C19H22Cl2N2O2. The van der Waals surface area contributed by atoms with Gasteiger partial charge in [0.2, 0.25) is 5.91 Å². The number of aryl methyl sites for hydroxylation is 1. The Kier molecular flexibility index (Phi) is 7.56. The van der Waals surface area contributed by atoms with Crippen LogP contribution in [0.4, 0.5) is 5.69 Å². The second kappa shape index (κ2) is 9.66. The Morgan fingerprint density at radius 2 is 1.76 bits per heavy atom. The van der Waals surface area contributed by atoms with E-state index >= 15 is 0 Å². The van der Waals surface area contributed by atoms with E-state index in [1.165, 1.54) is 0 Å². The van der Waals surface area contributed by atoms with Crippen molar-refractivity contribution in [3.63, 3.8) is 0 Å². The molecule has 2 rings (SSSR count). The summed E-state index contributed by atoms with van der Waals surface area (Å²) in [7, 11) is 1.96. The van der Waals surface area contributed by atoms with Gasteiger partial charge < -0.3 is 15.0 Å². The van der Waals surface area contributed by atoms with Crippen LogP contribution in [-0.2, 0) is 4.79 Å². The van der Waals surface area contributed by atoms with Crippen molar-refractivity contribution < 1.29 is 9.53 Å². The highest BCUT2D eigenvalue weighted by atomic mass is 35.5. The van der Waals surface area contributed by atoms with E-state index in [4.69, 9.17) is 27.9 Å². The average molecular weight is 381 g/mol. The molecule has 0 spiro atoms. The Hall–Kier alpha value is -1.75. The normalized spacial score (nSPS) is 10.8. The lowest BCUT2D eigenvalue weighted by atomic mass is 10.2. The van der Waals surface area contributed by atoms with Crippen molar-refractivity contribution in [3.8, 4) is 5.75 Å². The maximum Gasteiger partial charge on any atom is 0.225 e. The lowest BCUT2D eigenvalue weighted by molar-refractivity contribution is -0.116. The molecule has 1 N–H and O–H groups in total. The van der Waals surface area contributed by atoms with Gasteiger partial charge in [0.05, 0.1) is 15.7 Å². The molecule has 0 bridgehead atoms. The molecule has 0 saturated heterocycles. The monoisotopic (exact) mass is 380 g/mol. The zero-order valence-electron chi connectivity index (χ0n) is 14.4. The van der Waals surface area contributed by atoms with E-state index in [2.05, 4.69) is 5.32 Å². The third kappa shape index (κ3) is 6.24. The second-order valence-electron chi connectivity index (χ2n) is 5.81. The first-order valence-electron chi connectivity index (χ1n) is 8.08. The number of hydrogen-bond donors (Lipinski definition) is 1. The van der Waals surface area contributed by atoms with Gasteiger partial charge in [-0.25, -0.2) is 0 Å². The van der Waals surface area contributed by atoms with Gasteiger partial charge in [-0.2, -0.15) is 0 Å². The summed E-state index contributed by atoms with van der Waals surface area (Å²) in [6.07, 6.45) is 0.350. The van der Waals surface area contributed by atoms with Crippen LogP contribution in [0.1, 0.15) is 12.0 Å². The Balaban J connectivity index is 1.71. The predicted octanol–water partition coefficient (Wildman–Crippen LogP) is 4.64. The van der Waals surface area contributed by atoms with Gasteiger partial charge in [-0.3, -0.25) is 4.79 Å². The highest BCUT2D eigenvalue weighted by molar-refractivity contribution is 6.39. The number of para-hydroxylation sites is 2. The van der Waals surface area contributed by atoms with Crippen molar-refractivity contribution in [2.75, 3.05) is 32.1 Å². The van der Waals surface area contributed by atoms with Gasteiger partial charge in [-0.15, -0.1) is 0 Å². The van der Waals surface area contributed by atoms with Gasteiger partial charge in [0.1, 0.15) is 12.4 Å². The molecule has 2 aromatic rings. The Bertz CT molecular complexity index is 702. The summed E-state index contributed by atoms with van der Waals surface area (Å²) in [5.41, 5.74) is 1.57. The molecule has 6 heteroatoms. The lowest BCUT2D eigenvalue weighted by Crippen LogP contribution is -2.28. The minimum absolute atomic E-state index is 0.123. The lowest BCUT2D eigenvalue weighted by Gasteiger charge is -2.17. The molecule has 0 aliphatic carbocycles. The molecular weight excluding hydrogens is 359 g/mol. The van der Waals surface area contributed by atoms with Gasteiger partial charge in [-0.1, -0.05) is 47.5 Å². The van der Waals surface area contributed by atoms with Crippen LogP contribution in [0.25, 0.3) is 0 Å². The standard InChI is InChI=1S/C19H22Cl2N2O2/c1-14-6-3-4-9-17(14)25-13-12-23(2)11-10-18(24)22-19-15(20)7-5-8-16(19)21/h3-9H,10-13H2,1-2H3,(H,22,24). The van der Waals surface area contributed by atoms with Crippen LogP contribution >= 0.6 is 23.2 Å². The molecule has 25 heavy (non-hydrogen) atoms. The highest BCUT2D eigenvalue weighted by Gasteiger charge is 2.10. The maximum atomic E-state index is 12.1. The molecule has 0 fully saturated rings. The number of nitrogens with zero attached hydrogens (tertiary/aromatic N) is 1. The summed E-state index contributed by atoms with van der Waals surface area (Å²) in [6.45, 7) is 3.93. The quantitative estimate of drug-likeness (QED) is 0.724. The van der Waals surface area contributed by atoms with Crippen LogP contribution < -0.4 is 10.1 Å². The molecule has 134 valence electrons. The molecule has 0 radical (unpaired) electrons. The molecule has 0 aromatic heterocycles. The number of likely N-dealkylation sites (N-methyl/N-ethyl adjacent to an activating group) is 1. The van der Waals surface area contributed by atoms with Crippen molar-refractivity contribution in [2.24, 2.45) is 0 Å². The predicted molar refractivity (Wildman–Crippen MR) is 104 cm³/mol. The van der Waals surface area contributed by atoms with Crippen LogP contribution in [0.3, 0.4) is 0 Å². The van der Waals surface area contributed by atoms with E-state index in [1.807, 2.05) is 43.1 Å². The van der Waals surface area contributed by atoms with Crippen molar-refractivity contribution in [1.29, 1.82) is 0 Å². The Morgan fingerprint density at radius 1 is 1.08 bits per heavy atom. The number of carbonyl (C=O) groups is 1. The van der Waals surface area contributed by atoms with Crippen LogP contribution in [0.5, 0.6) is 5.75 Å². The first kappa shape index (κ1) is 19.6. The fraction of sp³-hybridized carbons (Fsp3) is 0.316. The zero-order chi connectivity index (χ0) is 18.2. The summed E-state index contributed by atoms with van der Waals surface area (Å²) in [5, 5.41) is 3.63. The number of amides is 1. The molecule has 0 saturated carbocycles.